The van der Waals surface area contributed by atoms with Crippen LogP contribution < -0.4 is 5.73 Å². The van der Waals surface area contributed by atoms with Gasteiger partial charge < -0.3 is 10.6 Å². The van der Waals surface area contributed by atoms with Gasteiger partial charge in [0.2, 0.25) is 0 Å². The molecule has 1 heterocycles. The predicted molar refractivity (Wildman–Crippen MR) is 68.6 cm³/mol. The minimum atomic E-state index is 0.836. The van der Waals surface area contributed by atoms with Crippen LogP contribution in [0.1, 0.15) is 38.5 Å². The number of rotatable bonds is 4. The first-order valence-electron chi connectivity index (χ1n) is 7.06. The molecule has 0 unspecified atom stereocenters. The molecule has 0 atom stereocenters. The average molecular weight is 225 g/mol. The van der Waals surface area contributed by atoms with Gasteiger partial charge in [-0.15, -0.1) is 0 Å². The zero-order valence-corrected chi connectivity index (χ0v) is 10.5. The summed E-state index contributed by atoms with van der Waals surface area (Å²) < 4.78 is 0. The quantitative estimate of drug-likeness (QED) is 0.782. The molecule has 1 aliphatic heterocycles. The van der Waals surface area contributed by atoms with E-state index >= 15 is 0 Å². The number of nitrogens with zero attached hydrogens (tertiary/aromatic N) is 2. The number of hydrogen-bond acceptors (Lipinski definition) is 3. The average Bonchev–Trinajstić information content (AvgIpc) is 2.73. The molecule has 16 heavy (non-hydrogen) atoms. The Labute approximate surface area is 100.0 Å². The van der Waals surface area contributed by atoms with Gasteiger partial charge >= 0.3 is 0 Å². The molecule has 0 aromatic carbocycles. The van der Waals surface area contributed by atoms with E-state index in [1.807, 2.05) is 0 Å². The standard InChI is InChI=1S/C13H27N3/c14-7-3-8-15-9-4-10-16(12-11-15)13-5-1-2-6-13/h13H,1-12,14H2. The third-order valence-corrected chi connectivity index (χ3v) is 4.14. The molecule has 2 rings (SSSR count). The Morgan fingerprint density at radius 1 is 0.938 bits per heavy atom. The van der Waals surface area contributed by atoms with Gasteiger partial charge in [0, 0.05) is 19.1 Å². The van der Waals surface area contributed by atoms with Crippen LogP contribution in [0.5, 0.6) is 0 Å². The summed E-state index contributed by atoms with van der Waals surface area (Å²) >= 11 is 0. The van der Waals surface area contributed by atoms with Gasteiger partial charge in [-0.25, -0.2) is 0 Å². The monoisotopic (exact) mass is 225 g/mol. The second-order valence-corrected chi connectivity index (χ2v) is 5.31. The second kappa shape index (κ2) is 6.58. The van der Waals surface area contributed by atoms with Crippen molar-refractivity contribution in [1.29, 1.82) is 0 Å². The molecule has 3 nitrogen and oxygen atoms in total. The molecule has 0 radical (unpaired) electrons. The highest BCUT2D eigenvalue weighted by Gasteiger charge is 2.24. The Bertz CT molecular complexity index is 190. The fourth-order valence-corrected chi connectivity index (χ4v) is 3.16. The fourth-order valence-electron chi connectivity index (χ4n) is 3.16. The maximum atomic E-state index is 5.57. The summed E-state index contributed by atoms with van der Waals surface area (Å²) in [5.74, 6) is 0. The van der Waals surface area contributed by atoms with Crippen LogP contribution in [0, 0.1) is 0 Å². The summed E-state index contributed by atoms with van der Waals surface area (Å²) in [5.41, 5.74) is 5.57. The molecule has 0 amide bonds. The van der Waals surface area contributed by atoms with Gasteiger partial charge in [-0.2, -0.15) is 0 Å². The van der Waals surface area contributed by atoms with Crippen molar-refractivity contribution in [3.63, 3.8) is 0 Å². The molecule has 3 heteroatoms. The van der Waals surface area contributed by atoms with Crippen LogP contribution in [0.25, 0.3) is 0 Å². The van der Waals surface area contributed by atoms with E-state index in [2.05, 4.69) is 9.80 Å². The minimum Gasteiger partial charge on any atom is -0.330 e. The maximum absolute atomic E-state index is 5.57. The lowest BCUT2D eigenvalue weighted by Gasteiger charge is -2.27. The predicted octanol–water partition coefficient (Wildman–Crippen LogP) is 1.29. The Hall–Kier alpha value is -0.120. The van der Waals surface area contributed by atoms with Crippen molar-refractivity contribution in [2.45, 2.75) is 44.6 Å². The van der Waals surface area contributed by atoms with E-state index in [1.54, 1.807) is 0 Å². The van der Waals surface area contributed by atoms with Crippen molar-refractivity contribution in [2.24, 2.45) is 5.73 Å². The molecule has 1 saturated carbocycles. The van der Waals surface area contributed by atoms with Crippen LogP contribution in [-0.2, 0) is 0 Å². The first-order valence-corrected chi connectivity index (χ1v) is 7.06. The topological polar surface area (TPSA) is 32.5 Å². The zero-order valence-electron chi connectivity index (χ0n) is 10.5. The molecule has 94 valence electrons. The fraction of sp³-hybridized carbons (Fsp3) is 1.00. The molecular formula is C13H27N3. The van der Waals surface area contributed by atoms with Crippen molar-refractivity contribution < 1.29 is 0 Å². The zero-order chi connectivity index (χ0) is 11.2. The van der Waals surface area contributed by atoms with Crippen molar-refractivity contribution in [3.05, 3.63) is 0 Å². The van der Waals surface area contributed by atoms with Crippen LogP contribution in [0.15, 0.2) is 0 Å². The lowest BCUT2D eigenvalue weighted by molar-refractivity contribution is 0.199. The van der Waals surface area contributed by atoms with Gasteiger partial charge in [-0.3, -0.25) is 4.90 Å². The smallest absolute Gasteiger partial charge is 0.0112 e. The van der Waals surface area contributed by atoms with Crippen LogP contribution >= 0.6 is 0 Å². The molecule has 2 N–H and O–H groups in total. The van der Waals surface area contributed by atoms with Crippen LogP contribution in [-0.4, -0.2) is 55.1 Å². The van der Waals surface area contributed by atoms with Crippen molar-refractivity contribution >= 4 is 0 Å². The lowest BCUT2D eigenvalue weighted by atomic mass is 10.2. The van der Waals surface area contributed by atoms with Gasteiger partial charge in [-0.05, 0) is 51.9 Å². The van der Waals surface area contributed by atoms with E-state index in [-0.39, 0.29) is 0 Å². The number of nitrogens with two attached hydrogens (primary N) is 1. The highest BCUT2D eigenvalue weighted by atomic mass is 15.2. The van der Waals surface area contributed by atoms with E-state index in [4.69, 9.17) is 5.73 Å². The first kappa shape index (κ1) is 12.3. The van der Waals surface area contributed by atoms with Gasteiger partial charge in [0.15, 0.2) is 0 Å². The molecule has 2 fully saturated rings. The SMILES string of the molecule is NCCCN1CCCN(C2CCCC2)CC1. The van der Waals surface area contributed by atoms with Gasteiger partial charge in [0.1, 0.15) is 0 Å². The summed E-state index contributed by atoms with van der Waals surface area (Å²) in [6.45, 7) is 7.19. The Morgan fingerprint density at radius 2 is 1.75 bits per heavy atom. The van der Waals surface area contributed by atoms with Gasteiger partial charge in [-0.1, -0.05) is 12.8 Å². The molecular weight excluding hydrogens is 198 g/mol. The summed E-state index contributed by atoms with van der Waals surface area (Å²) in [7, 11) is 0. The van der Waals surface area contributed by atoms with E-state index in [0.717, 1.165) is 19.0 Å². The third kappa shape index (κ3) is 3.44. The van der Waals surface area contributed by atoms with E-state index < -0.39 is 0 Å². The van der Waals surface area contributed by atoms with Crippen molar-refractivity contribution in [1.82, 2.24) is 9.80 Å². The maximum Gasteiger partial charge on any atom is 0.0112 e. The lowest BCUT2D eigenvalue weighted by Crippen LogP contribution is -2.37. The molecule has 0 aromatic heterocycles. The molecule has 1 aliphatic carbocycles. The summed E-state index contributed by atoms with van der Waals surface area (Å²) in [6, 6.07) is 0.912. The Balaban J connectivity index is 1.74. The van der Waals surface area contributed by atoms with Gasteiger partial charge in [0.05, 0.1) is 0 Å². The largest absolute Gasteiger partial charge is 0.330 e. The highest BCUT2D eigenvalue weighted by molar-refractivity contribution is 4.80. The summed E-state index contributed by atoms with van der Waals surface area (Å²) in [6.07, 6.45) is 8.31. The molecule has 0 aromatic rings. The highest BCUT2D eigenvalue weighted by Crippen LogP contribution is 2.24. The molecule has 0 spiro atoms. The van der Waals surface area contributed by atoms with E-state index in [9.17, 15) is 0 Å². The Kier molecular flexibility index (Phi) is 5.07. The Morgan fingerprint density at radius 3 is 2.50 bits per heavy atom. The second-order valence-electron chi connectivity index (χ2n) is 5.31. The first-order chi connectivity index (χ1) is 7.90. The minimum absolute atomic E-state index is 0.836. The normalized spacial score (nSPS) is 26.1. The van der Waals surface area contributed by atoms with Crippen molar-refractivity contribution in [2.75, 3.05) is 39.3 Å². The van der Waals surface area contributed by atoms with E-state index in [0.29, 0.717) is 0 Å². The van der Waals surface area contributed by atoms with E-state index in [1.165, 1.54) is 64.8 Å². The summed E-state index contributed by atoms with van der Waals surface area (Å²) in [5, 5.41) is 0. The molecule has 0 bridgehead atoms. The molecule has 1 saturated heterocycles. The van der Waals surface area contributed by atoms with Crippen LogP contribution in [0.2, 0.25) is 0 Å². The molecule has 2 aliphatic rings. The number of hydrogen-bond donors (Lipinski definition) is 1. The third-order valence-electron chi connectivity index (χ3n) is 4.14. The van der Waals surface area contributed by atoms with Crippen LogP contribution in [0.4, 0.5) is 0 Å². The van der Waals surface area contributed by atoms with Crippen molar-refractivity contribution in [3.8, 4) is 0 Å². The van der Waals surface area contributed by atoms with Crippen LogP contribution in [0.3, 0.4) is 0 Å². The van der Waals surface area contributed by atoms with Gasteiger partial charge in [0.25, 0.3) is 0 Å². The summed E-state index contributed by atoms with van der Waals surface area (Å²) in [4.78, 5) is 5.34.